The van der Waals surface area contributed by atoms with E-state index in [2.05, 4.69) is 36.9 Å². The van der Waals surface area contributed by atoms with Crippen molar-refractivity contribution in [2.45, 2.75) is 20.0 Å². The lowest BCUT2D eigenvalue weighted by atomic mass is 10.1. The summed E-state index contributed by atoms with van der Waals surface area (Å²) < 4.78 is 5.13. The maximum atomic E-state index is 12.2. The molecule has 132 valence electrons. The van der Waals surface area contributed by atoms with Crippen LogP contribution < -0.4 is 10.6 Å². The van der Waals surface area contributed by atoms with Crippen LogP contribution in [0.3, 0.4) is 0 Å². The molecule has 1 aliphatic rings. The van der Waals surface area contributed by atoms with Crippen molar-refractivity contribution in [3.8, 4) is 0 Å². The fourth-order valence-corrected chi connectivity index (χ4v) is 2.75. The molecule has 2 N–H and O–H groups in total. The second-order valence-electron chi connectivity index (χ2n) is 5.49. The molecule has 1 fully saturated rings. The van der Waals surface area contributed by atoms with Crippen LogP contribution in [-0.4, -0.2) is 56.7 Å². The van der Waals surface area contributed by atoms with E-state index in [1.54, 1.807) is 0 Å². The lowest BCUT2D eigenvalue weighted by Gasteiger charge is -2.38. The lowest BCUT2D eigenvalue weighted by molar-refractivity contribution is -0.141. The third kappa shape index (κ3) is 4.98. The summed E-state index contributed by atoms with van der Waals surface area (Å²) in [7, 11) is 1.53. The van der Waals surface area contributed by atoms with Crippen molar-refractivity contribution in [3.63, 3.8) is 0 Å². The van der Waals surface area contributed by atoms with Gasteiger partial charge in [-0.2, -0.15) is 0 Å². The van der Waals surface area contributed by atoms with Crippen molar-refractivity contribution in [1.29, 1.82) is 0 Å². The van der Waals surface area contributed by atoms with E-state index in [0.717, 1.165) is 13.1 Å². The van der Waals surface area contributed by atoms with E-state index in [9.17, 15) is 4.79 Å². The molecule has 1 aromatic carbocycles. The van der Waals surface area contributed by atoms with E-state index in [1.165, 1.54) is 23.9 Å². The quantitative estimate of drug-likeness (QED) is 0.885. The Bertz CT molecular complexity index is 502. The zero-order valence-electron chi connectivity index (χ0n) is 13.9. The van der Waals surface area contributed by atoms with Crippen LogP contribution in [0.15, 0.2) is 18.2 Å². The van der Waals surface area contributed by atoms with Gasteiger partial charge in [-0.1, -0.05) is 12.1 Å². The number of hydrogen-bond donors (Lipinski definition) is 1. The molecule has 0 saturated carbocycles. The van der Waals surface area contributed by atoms with Crippen molar-refractivity contribution >= 4 is 36.4 Å². The summed E-state index contributed by atoms with van der Waals surface area (Å²) in [5.74, 6) is 0.000569. The van der Waals surface area contributed by atoms with Gasteiger partial charge in [0, 0.05) is 45.5 Å². The summed E-state index contributed by atoms with van der Waals surface area (Å²) in [4.78, 5) is 16.4. The molecule has 0 radical (unpaired) electrons. The monoisotopic (exact) mass is 363 g/mol. The summed E-state index contributed by atoms with van der Waals surface area (Å²) in [6.45, 7) is 7.62. The van der Waals surface area contributed by atoms with E-state index in [-0.39, 0.29) is 37.3 Å². The number of halogens is 2. The number of carbonyl (C=O) groups is 1. The van der Waals surface area contributed by atoms with Crippen LogP contribution in [0.2, 0.25) is 0 Å². The molecule has 1 amide bonds. The second kappa shape index (κ2) is 9.98. The SMILES string of the molecule is COC(CN)C(=O)N1CCN(c2cccc(C)c2C)CC1.Cl.Cl. The zero-order valence-corrected chi connectivity index (χ0v) is 15.6. The molecule has 0 aromatic heterocycles. The second-order valence-corrected chi connectivity index (χ2v) is 5.49. The summed E-state index contributed by atoms with van der Waals surface area (Å²) in [5, 5.41) is 0. The maximum absolute atomic E-state index is 12.2. The first-order valence-electron chi connectivity index (χ1n) is 7.41. The molecule has 1 aliphatic heterocycles. The number of amides is 1. The van der Waals surface area contributed by atoms with Crippen LogP contribution in [0, 0.1) is 13.8 Å². The highest BCUT2D eigenvalue weighted by molar-refractivity contribution is 5.85. The number of rotatable bonds is 4. The molecule has 1 heterocycles. The van der Waals surface area contributed by atoms with Gasteiger partial charge in [-0.05, 0) is 31.0 Å². The van der Waals surface area contributed by atoms with Crippen LogP contribution in [-0.2, 0) is 9.53 Å². The van der Waals surface area contributed by atoms with E-state index >= 15 is 0 Å². The van der Waals surface area contributed by atoms with Crippen LogP contribution in [0.4, 0.5) is 5.69 Å². The van der Waals surface area contributed by atoms with Gasteiger partial charge in [0.25, 0.3) is 5.91 Å². The van der Waals surface area contributed by atoms with Crippen LogP contribution in [0.25, 0.3) is 0 Å². The Morgan fingerprint density at radius 1 is 1.22 bits per heavy atom. The van der Waals surface area contributed by atoms with Gasteiger partial charge in [-0.15, -0.1) is 24.8 Å². The zero-order chi connectivity index (χ0) is 15.4. The standard InChI is InChI=1S/C16H25N3O2.2ClH/c1-12-5-4-6-14(13(12)2)18-7-9-19(10-8-18)16(20)15(11-17)21-3;;/h4-6,15H,7-11,17H2,1-3H3;2*1H. The number of hydrogen-bond acceptors (Lipinski definition) is 4. The number of nitrogens with zero attached hydrogens (tertiary/aromatic N) is 2. The molecule has 2 rings (SSSR count). The van der Waals surface area contributed by atoms with Gasteiger partial charge in [-0.25, -0.2) is 0 Å². The molecule has 0 spiro atoms. The van der Waals surface area contributed by atoms with Crippen molar-refractivity contribution in [2.75, 3.05) is 44.7 Å². The Morgan fingerprint density at radius 2 is 1.83 bits per heavy atom. The van der Waals surface area contributed by atoms with Crippen molar-refractivity contribution in [3.05, 3.63) is 29.3 Å². The normalized spacial score (nSPS) is 15.5. The highest BCUT2D eigenvalue weighted by Crippen LogP contribution is 2.23. The predicted molar refractivity (Wildman–Crippen MR) is 99.1 cm³/mol. The smallest absolute Gasteiger partial charge is 0.253 e. The summed E-state index contributed by atoms with van der Waals surface area (Å²) in [6.07, 6.45) is -0.516. The number of benzene rings is 1. The van der Waals surface area contributed by atoms with Gasteiger partial charge in [0.1, 0.15) is 6.10 Å². The topological polar surface area (TPSA) is 58.8 Å². The lowest BCUT2D eigenvalue weighted by Crippen LogP contribution is -2.53. The fourth-order valence-electron chi connectivity index (χ4n) is 2.75. The average Bonchev–Trinajstić information content (AvgIpc) is 2.51. The Hall–Kier alpha value is -1.01. The van der Waals surface area contributed by atoms with Crippen molar-refractivity contribution < 1.29 is 9.53 Å². The molecule has 7 heteroatoms. The number of methoxy groups -OCH3 is 1. The molecule has 1 aromatic rings. The average molecular weight is 364 g/mol. The minimum atomic E-state index is -0.516. The van der Waals surface area contributed by atoms with Crippen molar-refractivity contribution in [1.82, 2.24) is 4.90 Å². The predicted octanol–water partition coefficient (Wildman–Crippen LogP) is 1.77. The highest BCUT2D eigenvalue weighted by atomic mass is 35.5. The first-order valence-corrected chi connectivity index (χ1v) is 7.41. The van der Waals surface area contributed by atoms with Crippen LogP contribution >= 0.6 is 24.8 Å². The minimum Gasteiger partial charge on any atom is -0.370 e. The number of nitrogens with two attached hydrogens (primary N) is 1. The van der Waals surface area contributed by atoms with E-state index < -0.39 is 6.10 Å². The van der Waals surface area contributed by atoms with Crippen LogP contribution in [0.5, 0.6) is 0 Å². The third-order valence-corrected chi connectivity index (χ3v) is 4.28. The van der Waals surface area contributed by atoms with E-state index in [0.29, 0.717) is 13.1 Å². The molecule has 0 bridgehead atoms. The van der Waals surface area contributed by atoms with Gasteiger partial charge in [-0.3, -0.25) is 4.79 Å². The Morgan fingerprint density at radius 3 is 2.35 bits per heavy atom. The first-order chi connectivity index (χ1) is 10.1. The number of piperazine rings is 1. The van der Waals surface area contributed by atoms with E-state index in [1.807, 2.05) is 4.90 Å². The fraction of sp³-hybridized carbons (Fsp3) is 0.562. The molecule has 23 heavy (non-hydrogen) atoms. The van der Waals surface area contributed by atoms with Gasteiger partial charge in [0.15, 0.2) is 0 Å². The third-order valence-electron chi connectivity index (χ3n) is 4.28. The molecule has 1 atom stereocenters. The molecular weight excluding hydrogens is 337 g/mol. The highest BCUT2D eigenvalue weighted by Gasteiger charge is 2.27. The van der Waals surface area contributed by atoms with Gasteiger partial charge >= 0.3 is 0 Å². The van der Waals surface area contributed by atoms with Gasteiger partial charge < -0.3 is 20.3 Å². The van der Waals surface area contributed by atoms with Gasteiger partial charge in [0.2, 0.25) is 0 Å². The largest absolute Gasteiger partial charge is 0.370 e. The van der Waals surface area contributed by atoms with E-state index in [4.69, 9.17) is 10.5 Å². The maximum Gasteiger partial charge on any atom is 0.253 e. The van der Waals surface area contributed by atoms with Crippen molar-refractivity contribution in [2.24, 2.45) is 5.73 Å². The molecular formula is C16H27Cl2N3O2. The Balaban J connectivity index is 0.00000242. The Labute approximate surface area is 151 Å². The van der Waals surface area contributed by atoms with Crippen LogP contribution in [0.1, 0.15) is 11.1 Å². The Kier molecular flexibility index (Phi) is 9.54. The number of anilines is 1. The minimum absolute atomic E-state index is 0. The summed E-state index contributed by atoms with van der Waals surface area (Å²) >= 11 is 0. The summed E-state index contributed by atoms with van der Waals surface area (Å²) in [6, 6.07) is 6.37. The number of aryl methyl sites for hydroxylation is 1. The van der Waals surface area contributed by atoms with Gasteiger partial charge in [0.05, 0.1) is 0 Å². The summed E-state index contributed by atoms with van der Waals surface area (Å²) in [5.41, 5.74) is 9.44. The molecule has 5 nitrogen and oxygen atoms in total. The number of ether oxygens (including phenoxy) is 1. The molecule has 1 unspecified atom stereocenters. The first kappa shape index (κ1) is 22.0. The number of carbonyl (C=O) groups excluding carboxylic acids is 1. The molecule has 0 aliphatic carbocycles. The molecule has 1 saturated heterocycles.